The number of sulfonamides is 1. The van der Waals surface area contributed by atoms with Gasteiger partial charge in [0.25, 0.3) is 0 Å². The van der Waals surface area contributed by atoms with E-state index in [1.165, 1.54) is 30.6 Å². The molecule has 1 fully saturated rings. The average Bonchev–Trinajstić information content (AvgIpc) is 2.85. The lowest BCUT2D eigenvalue weighted by Gasteiger charge is -2.29. The number of hydrogen-bond acceptors (Lipinski definition) is 3. The minimum absolute atomic E-state index is 0.0752. The Bertz CT molecular complexity index is 506. The smallest absolute Gasteiger partial charge is 0.207 e. The van der Waals surface area contributed by atoms with Crippen molar-refractivity contribution in [2.24, 2.45) is 5.92 Å². The predicted octanol–water partition coefficient (Wildman–Crippen LogP) is 4.15. The highest BCUT2D eigenvalue weighted by atomic mass is 79.9. The highest BCUT2D eigenvalue weighted by Gasteiger charge is 2.27. The number of nitrogens with one attached hydrogen (secondary N) is 1. The van der Waals surface area contributed by atoms with Crippen molar-refractivity contribution in [3.63, 3.8) is 0 Å². The van der Waals surface area contributed by atoms with Gasteiger partial charge in [-0.1, -0.05) is 26.2 Å². The first-order chi connectivity index (χ1) is 9.03. The van der Waals surface area contributed by atoms with Gasteiger partial charge in [-0.3, -0.25) is 0 Å². The summed E-state index contributed by atoms with van der Waals surface area (Å²) >= 11 is 4.57. The van der Waals surface area contributed by atoms with Gasteiger partial charge >= 0.3 is 0 Å². The highest BCUT2D eigenvalue weighted by Crippen LogP contribution is 2.30. The molecular weight excluding hydrogens is 346 g/mol. The lowest BCUT2D eigenvalue weighted by molar-refractivity contribution is 0.285. The van der Waals surface area contributed by atoms with Crippen LogP contribution in [0.4, 0.5) is 0 Å². The van der Waals surface area contributed by atoms with Gasteiger partial charge in [0.2, 0.25) is 10.0 Å². The molecule has 108 valence electrons. The quantitative estimate of drug-likeness (QED) is 0.851. The third-order valence-electron chi connectivity index (χ3n) is 3.78. The van der Waals surface area contributed by atoms with E-state index in [2.05, 4.69) is 27.6 Å². The third kappa shape index (κ3) is 4.03. The van der Waals surface area contributed by atoms with Crippen molar-refractivity contribution in [2.45, 2.75) is 55.7 Å². The molecule has 19 heavy (non-hydrogen) atoms. The van der Waals surface area contributed by atoms with Gasteiger partial charge < -0.3 is 0 Å². The van der Waals surface area contributed by atoms with Crippen LogP contribution in [0.2, 0.25) is 0 Å². The Morgan fingerprint density at radius 2 is 2.05 bits per heavy atom. The molecule has 1 heterocycles. The zero-order valence-electron chi connectivity index (χ0n) is 11.1. The molecule has 1 unspecified atom stereocenters. The summed E-state index contributed by atoms with van der Waals surface area (Å²) in [5, 5.41) is 0. The summed E-state index contributed by atoms with van der Waals surface area (Å²) in [6.45, 7) is 2.06. The van der Waals surface area contributed by atoms with Crippen molar-refractivity contribution >= 4 is 37.3 Å². The molecule has 6 heteroatoms. The van der Waals surface area contributed by atoms with Crippen LogP contribution >= 0.6 is 27.3 Å². The molecule has 1 aromatic heterocycles. The molecule has 0 bridgehead atoms. The number of hydrogen-bond donors (Lipinski definition) is 1. The molecule has 0 aliphatic heterocycles. The van der Waals surface area contributed by atoms with Gasteiger partial charge in [0.1, 0.15) is 4.21 Å². The fourth-order valence-corrected chi connectivity index (χ4v) is 6.16. The predicted molar refractivity (Wildman–Crippen MR) is 83.0 cm³/mol. The maximum Gasteiger partial charge on any atom is 0.250 e. The number of halogens is 1. The summed E-state index contributed by atoms with van der Waals surface area (Å²) < 4.78 is 28.8. The van der Waals surface area contributed by atoms with Gasteiger partial charge in [0, 0.05) is 6.04 Å². The van der Waals surface area contributed by atoms with Crippen molar-refractivity contribution in [2.75, 3.05) is 0 Å². The second-order valence-electron chi connectivity index (χ2n) is 5.09. The Labute approximate surface area is 128 Å². The minimum atomic E-state index is -3.36. The van der Waals surface area contributed by atoms with E-state index in [4.69, 9.17) is 0 Å². The Hall–Kier alpha value is 0.0900. The largest absolute Gasteiger partial charge is 0.250 e. The molecule has 2 rings (SSSR count). The molecule has 1 saturated carbocycles. The van der Waals surface area contributed by atoms with Crippen LogP contribution in [0, 0.1) is 5.92 Å². The van der Waals surface area contributed by atoms with Crippen LogP contribution in [0.5, 0.6) is 0 Å². The van der Waals surface area contributed by atoms with Gasteiger partial charge in [-0.15, -0.1) is 11.3 Å². The van der Waals surface area contributed by atoms with Gasteiger partial charge in [-0.05, 0) is 53.2 Å². The second-order valence-corrected chi connectivity index (χ2v) is 9.50. The molecule has 1 N–H and O–H groups in total. The van der Waals surface area contributed by atoms with Crippen molar-refractivity contribution in [1.82, 2.24) is 4.72 Å². The van der Waals surface area contributed by atoms with Crippen molar-refractivity contribution in [3.05, 3.63) is 15.9 Å². The van der Waals surface area contributed by atoms with Gasteiger partial charge in [0.15, 0.2) is 0 Å². The molecule has 0 aromatic carbocycles. The number of rotatable bonds is 5. The normalized spacial score (nSPS) is 19.5. The SMILES string of the molecule is CCC(NS(=O)(=O)c1ccc(Br)s1)C1CCCCC1. The van der Waals surface area contributed by atoms with Crippen LogP contribution in [-0.4, -0.2) is 14.5 Å². The van der Waals surface area contributed by atoms with E-state index in [1.807, 2.05) is 0 Å². The molecule has 0 amide bonds. The first-order valence-electron chi connectivity index (χ1n) is 6.80. The third-order valence-corrected chi connectivity index (χ3v) is 7.38. The fourth-order valence-electron chi connectivity index (χ4n) is 2.75. The van der Waals surface area contributed by atoms with Crippen molar-refractivity contribution in [1.29, 1.82) is 0 Å². The summed E-state index contributed by atoms with van der Waals surface area (Å²) in [7, 11) is -3.36. The molecule has 1 aromatic rings. The van der Waals surface area contributed by atoms with Gasteiger partial charge in [-0.25, -0.2) is 13.1 Å². The van der Waals surface area contributed by atoms with Crippen LogP contribution in [0.3, 0.4) is 0 Å². The summed E-state index contributed by atoms with van der Waals surface area (Å²) in [5.41, 5.74) is 0. The Morgan fingerprint density at radius 1 is 1.37 bits per heavy atom. The van der Waals surface area contributed by atoms with Crippen LogP contribution in [0.25, 0.3) is 0 Å². The van der Waals surface area contributed by atoms with Crippen LogP contribution in [0.1, 0.15) is 45.4 Å². The molecule has 1 atom stereocenters. The summed E-state index contributed by atoms with van der Waals surface area (Å²) in [6, 6.07) is 3.51. The van der Waals surface area contributed by atoms with E-state index in [1.54, 1.807) is 12.1 Å². The minimum Gasteiger partial charge on any atom is -0.207 e. The van der Waals surface area contributed by atoms with E-state index >= 15 is 0 Å². The lowest BCUT2D eigenvalue weighted by Crippen LogP contribution is -2.40. The molecule has 1 aliphatic carbocycles. The van der Waals surface area contributed by atoms with E-state index in [0.717, 1.165) is 23.0 Å². The van der Waals surface area contributed by atoms with Crippen molar-refractivity contribution in [3.8, 4) is 0 Å². The van der Waals surface area contributed by atoms with Crippen molar-refractivity contribution < 1.29 is 8.42 Å². The van der Waals surface area contributed by atoms with Crippen LogP contribution in [-0.2, 0) is 10.0 Å². The van der Waals surface area contributed by atoms with Gasteiger partial charge in [-0.2, -0.15) is 0 Å². The summed E-state index contributed by atoms with van der Waals surface area (Å²) in [5.74, 6) is 0.497. The first kappa shape index (κ1) is 15.5. The monoisotopic (exact) mass is 365 g/mol. The second kappa shape index (κ2) is 6.70. The summed E-state index contributed by atoms with van der Waals surface area (Å²) in [6.07, 6.45) is 6.90. The molecule has 0 saturated heterocycles. The first-order valence-corrected chi connectivity index (χ1v) is 9.90. The average molecular weight is 366 g/mol. The Balaban J connectivity index is 2.08. The molecule has 1 aliphatic rings. The van der Waals surface area contributed by atoms with Crippen LogP contribution < -0.4 is 4.72 Å². The van der Waals surface area contributed by atoms with E-state index < -0.39 is 10.0 Å². The maximum atomic E-state index is 12.3. The lowest BCUT2D eigenvalue weighted by atomic mass is 9.83. The fraction of sp³-hybridized carbons (Fsp3) is 0.692. The number of thiophene rings is 1. The van der Waals surface area contributed by atoms with Crippen LogP contribution in [0.15, 0.2) is 20.1 Å². The standard InChI is InChI=1S/C13H20BrNO2S2/c1-2-11(10-6-4-3-5-7-10)15-19(16,17)13-9-8-12(14)18-13/h8-11,15H,2-7H2,1H3. The maximum absolute atomic E-state index is 12.3. The highest BCUT2D eigenvalue weighted by molar-refractivity contribution is 9.11. The molecule has 0 spiro atoms. The van der Waals surface area contributed by atoms with E-state index in [9.17, 15) is 8.42 Å². The molecular formula is C13H20BrNO2S2. The van der Waals surface area contributed by atoms with Gasteiger partial charge in [0.05, 0.1) is 3.79 Å². The topological polar surface area (TPSA) is 46.2 Å². The molecule has 0 radical (unpaired) electrons. The summed E-state index contributed by atoms with van der Waals surface area (Å²) in [4.78, 5) is 0. The van der Waals surface area contributed by atoms with E-state index in [-0.39, 0.29) is 6.04 Å². The molecule has 3 nitrogen and oxygen atoms in total. The Morgan fingerprint density at radius 3 is 2.58 bits per heavy atom. The van der Waals surface area contributed by atoms with E-state index in [0.29, 0.717) is 10.1 Å². The zero-order valence-corrected chi connectivity index (χ0v) is 14.3. The Kier molecular flexibility index (Phi) is 5.45. The zero-order chi connectivity index (χ0) is 13.9.